The van der Waals surface area contributed by atoms with Gasteiger partial charge in [-0.1, -0.05) is 39.0 Å². The predicted octanol–water partition coefficient (Wildman–Crippen LogP) is 3.40. The summed E-state index contributed by atoms with van der Waals surface area (Å²) in [5, 5.41) is 13.8. The molecule has 0 aliphatic heterocycles. The molecule has 7 heteroatoms. The molecular formula is C19H24N2O4S. The lowest BCUT2D eigenvalue weighted by molar-refractivity contribution is 0.318. The molecule has 0 saturated heterocycles. The number of rotatable bonds is 6. The standard InChI is InChI=1S/C19H24N2O4S/c1-5-25-17-8-6-7-14(18(17)22)13-20-21-26(23,24)16-11-9-15(10-12-16)19(2,3)4/h6-13,21-22H,5H2,1-4H3/b20-13+. The molecule has 2 rings (SSSR count). The average Bonchev–Trinajstić information content (AvgIpc) is 2.57. The summed E-state index contributed by atoms with van der Waals surface area (Å²) < 4.78 is 29.9. The summed E-state index contributed by atoms with van der Waals surface area (Å²) in [4.78, 5) is 2.27. The van der Waals surface area contributed by atoms with Gasteiger partial charge in [-0.05, 0) is 42.2 Å². The maximum Gasteiger partial charge on any atom is 0.276 e. The van der Waals surface area contributed by atoms with Gasteiger partial charge in [0.2, 0.25) is 0 Å². The fourth-order valence-electron chi connectivity index (χ4n) is 2.27. The Kier molecular flexibility index (Phi) is 5.92. The Labute approximate surface area is 154 Å². The van der Waals surface area contributed by atoms with Crippen LogP contribution in [-0.2, 0) is 15.4 Å². The van der Waals surface area contributed by atoms with E-state index in [1.54, 1.807) is 49.4 Å². The molecule has 0 saturated carbocycles. The molecule has 2 aromatic rings. The summed E-state index contributed by atoms with van der Waals surface area (Å²) in [6, 6.07) is 11.6. The summed E-state index contributed by atoms with van der Waals surface area (Å²) in [7, 11) is -3.79. The lowest BCUT2D eigenvalue weighted by Gasteiger charge is -2.19. The van der Waals surface area contributed by atoms with Crippen LogP contribution in [0, 0.1) is 0 Å². The van der Waals surface area contributed by atoms with Crippen molar-refractivity contribution in [3.63, 3.8) is 0 Å². The van der Waals surface area contributed by atoms with Crippen LogP contribution in [0.5, 0.6) is 11.5 Å². The van der Waals surface area contributed by atoms with E-state index in [0.717, 1.165) is 5.56 Å². The molecule has 2 aromatic carbocycles. The van der Waals surface area contributed by atoms with E-state index in [9.17, 15) is 13.5 Å². The van der Waals surface area contributed by atoms with E-state index >= 15 is 0 Å². The van der Waals surface area contributed by atoms with Crippen molar-refractivity contribution in [2.45, 2.75) is 38.0 Å². The first-order chi connectivity index (χ1) is 12.1. The molecule has 0 spiro atoms. The molecule has 0 aliphatic carbocycles. The number of hydrogen-bond acceptors (Lipinski definition) is 5. The van der Waals surface area contributed by atoms with Gasteiger partial charge in [-0.15, -0.1) is 0 Å². The van der Waals surface area contributed by atoms with Crippen molar-refractivity contribution in [1.82, 2.24) is 4.83 Å². The maximum atomic E-state index is 12.3. The van der Waals surface area contributed by atoms with Gasteiger partial charge < -0.3 is 9.84 Å². The van der Waals surface area contributed by atoms with Gasteiger partial charge in [-0.25, -0.2) is 4.83 Å². The SMILES string of the molecule is CCOc1cccc(/C=N/NS(=O)(=O)c2ccc(C(C)(C)C)cc2)c1O. The molecule has 0 heterocycles. The number of ether oxygens (including phenoxy) is 1. The van der Waals surface area contributed by atoms with Gasteiger partial charge in [-0.2, -0.15) is 13.5 Å². The summed E-state index contributed by atoms with van der Waals surface area (Å²) in [6.07, 6.45) is 1.24. The monoisotopic (exact) mass is 376 g/mol. The molecule has 0 radical (unpaired) electrons. The Balaban J connectivity index is 2.15. The second kappa shape index (κ2) is 7.78. The van der Waals surface area contributed by atoms with Crippen molar-refractivity contribution in [1.29, 1.82) is 0 Å². The van der Waals surface area contributed by atoms with E-state index in [0.29, 0.717) is 17.9 Å². The highest BCUT2D eigenvalue weighted by Gasteiger charge is 2.17. The van der Waals surface area contributed by atoms with Gasteiger partial charge in [0.25, 0.3) is 10.0 Å². The number of aromatic hydroxyl groups is 1. The number of para-hydroxylation sites is 1. The first-order valence-electron chi connectivity index (χ1n) is 8.25. The fraction of sp³-hybridized carbons (Fsp3) is 0.316. The minimum atomic E-state index is -3.79. The molecule has 0 fully saturated rings. The number of hydrogen-bond donors (Lipinski definition) is 2. The first kappa shape index (κ1) is 19.8. The van der Waals surface area contributed by atoms with Crippen LogP contribution in [-0.4, -0.2) is 26.3 Å². The Morgan fingerprint density at radius 3 is 2.38 bits per heavy atom. The van der Waals surface area contributed by atoms with Crippen molar-refractivity contribution < 1.29 is 18.3 Å². The summed E-state index contributed by atoms with van der Waals surface area (Å²) >= 11 is 0. The van der Waals surface area contributed by atoms with Gasteiger partial charge >= 0.3 is 0 Å². The van der Waals surface area contributed by atoms with Crippen molar-refractivity contribution in [3.8, 4) is 11.5 Å². The Hall–Kier alpha value is -2.54. The van der Waals surface area contributed by atoms with Crippen LogP contribution in [0.1, 0.15) is 38.8 Å². The van der Waals surface area contributed by atoms with Crippen LogP contribution >= 0.6 is 0 Å². The van der Waals surface area contributed by atoms with Crippen LogP contribution in [0.25, 0.3) is 0 Å². The number of benzene rings is 2. The molecule has 2 N–H and O–H groups in total. The Morgan fingerprint density at radius 1 is 1.15 bits per heavy atom. The van der Waals surface area contributed by atoms with E-state index in [4.69, 9.17) is 4.74 Å². The number of phenols is 1. The predicted molar refractivity (Wildman–Crippen MR) is 102 cm³/mol. The normalized spacial score (nSPS) is 12.3. The smallest absolute Gasteiger partial charge is 0.276 e. The van der Waals surface area contributed by atoms with Crippen LogP contribution < -0.4 is 9.57 Å². The number of sulfonamides is 1. The van der Waals surface area contributed by atoms with Crippen molar-refractivity contribution >= 4 is 16.2 Å². The molecule has 0 bridgehead atoms. The first-order valence-corrected chi connectivity index (χ1v) is 9.73. The zero-order chi connectivity index (χ0) is 19.4. The van der Waals surface area contributed by atoms with Crippen molar-refractivity contribution in [2.75, 3.05) is 6.61 Å². The molecule has 26 heavy (non-hydrogen) atoms. The fourth-order valence-corrected chi connectivity index (χ4v) is 3.06. The van der Waals surface area contributed by atoms with Gasteiger partial charge in [0.1, 0.15) is 0 Å². The molecule has 0 atom stereocenters. The second-order valence-corrected chi connectivity index (χ2v) is 8.42. The molecule has 0 aliphatic rings. The van der Waals surface area contributed by atoms with E-state index in [1.165, 1.54) is 6.21 Å². The van der Waals surface area contributed by atoms with Crippen LogP contribution in [0.4, 0.5) is 0 Å². The van der Waals surface area contributed by atoms with Gasteiger partial charge in [-0.3, -0.25) is 0 Å². The molecule has 0 aromatic heterocycles. The van der Waals surface area contributed by atoms with Crippen LogP contribution in [0.3, 0.4) is 0 Å². The lowest BCUT2D eigenvalue weighted by atomic mass is 9.87. The topological polar surface area (TPSA) is 88.0 Å². The largest absolute Gasteiger partial charge is 0.504 e. The highest BCUT2D eigenvalue weighted by atomic mass is 32.2. The van der Waals surface area contributed by atoms with E-state index in [2.05, 4.69) is 30.7 Å². The number of nitrogens with zero attached hydrogens (tertiary/aromatic N) is 1. The number of hydrazone groups is 1. The zero-order valence-electron chi connectivity index (χ0n) is 15.4. The number of phenolic OH excluding ortho intramolecular Hbond substituents is 1. The third kappa shape index (κ3) is 4.76. The lowest BCUT2D eigenvalue weighted by Crippen LogP contribution is -2.19. The Bertz CT molecular complexity index is 883. The molecule has 0 unspecified atom stereocenters. The van der Waals surface area contributed by atoms with E-state index in [1.807, 2.05) is 0 Å². The molecule has 0 amide bonds. The van der Waals surface area contributed by atoms with Crippen molar-refractivity contribution in [3.05, 3.63) is 53.6 Å². The van der Waals surface area contributed by atoms with Gasteiger partial charge in [0.05, 0.1) is 17.7 Å². The number of nitrogens with one attached hydrogen (secondary N) is 1. The maximum absolute atomic E-state index is 12.3. The van der Waals surface area contributed by atoms with Crippen LogP contribution in [0.2, 0.25) is 0 Å². The Morgan fingerprint density at radius 2 is 1.81 bits per heavy atom. The minimum Gasteiger partial charge on any atom is -0.504 e. The van der Waals surface area contributed by atoms with Crippen molar-refractivity contribution in [2.24, 2.45) is 5.10 Å². The summed E-state index contributed by atoms with van der Waals surface area (Å²) in [5.74, 6) is 0.226. The quantitative estimate of drug-likeness (QED) is 0.597. The highest BCUT2D eigenvalue weighted by Crippen LogP contribution is 2.28. The van der Waals surface area contributed by atoms with E-state index in [-0.39, 0.29) is 16.1 Å². The van der Waals surface area contributed by atoms with Gasteiger partial charge in [0, 0.05) is 5.56 Å². The van der Waals surface area contributed by atoms with E-state index < -0.39 is 10.0 Å². The molecule has 6 nitrogen and oxygen atoms in total. The van der Waals surface area contributed by atoms with Crippen LogP contribution in [0.15, 0.2) is 52.5 Å². The molecular weight excluding hydrogens is 352 g/mol. The molecule has 140 valence electrons. The third-order valence-electron chi connectivity index (χ3n) is 3.74. The summed E-state index contributed by atoms with van der Waals surface area (Å²) in [5.41, 5.74) is 1.33. The van der Waals surface area contributed by atoms with Gasteiger partial charge in [0.15, 0.2) is 11.5 Å². The zero-order valence-corrected chi connectivity index (χ0v) is 16.2. The highest BCUT2D eigenvalue weighted by molar-refractivity contribution is 7.89. The second-order valence-electron chi connectivity index (χ2n) is 6.75. The summed E-state index contributed by atoms with van der Waals surface area (Å²) in [6.45, 7) is 8.39. The minimum absolute atomic E-state index is 0.0586. The average molecular weight is 376 g/mol. The third-order valence-corrected chi connectivity index (χ3v) is 4.98.